The van der Waals surface area contributed by atoms with E-state index in [1.54, 1.807) is 0 Å². The molecule has 1 amide bonds. The Hall–Kier alpha value is -0.990. The highest BCUT2D eigenvalue weighted by Gasteiger charge is 2.20. The summed E-state index contributed by atoms with van der Waals surface area (Å²) in [6, 6.07) is 5.23. The first kappa shape index (κ1) is 17.1. The number of amides is 1. The van der Waals surface area contributed by atoms with Gasteiger partial charge >= 0.3 is 0 Å². The molecule has 0 fully saturated rings. The van der Waals surface area contributed by atoms with Crippen LogP contribution in [0.5, 0.6) is 0 Å². The molecule has 0 saturated carbocycles. The summed E-state index contributed by atoms with van der Waals surface area (Å²) in [7, 11) is 3.93. The molecule has 1 aromatic carbocycles. The molecule has 3 atom stereocenters. The highest BCUT2D eigenvalue weighted by Crippen LogP contribution is 2.15. The number of halogens is 1. The van der Waals surface area contributed by atoms with E-state index < -0.39 is 12.0 Å². The Labute approximate surface area is 122 Å². The van der Waals surface area contributed by atoms with Crippen LogP contribution in [0.4, 0.5) is 4.39 Å². The van der Waals surface area contributed by atoms with Crippen molar-refractivity contribution in [3.05, 3.63) is 34.9 Å². The lowest BCUT2D eigenvalue weighted by Gasteiger charge is -2.20. The summed E-state index contributed by atoms with van der Waals surface area (Å²) in [5.41, 5.74) is 2.76. The quantitative estimate of drug-likeness (QED) is 0.759. The van der Waals surface area contributed by atoms with Crippen LogP contribution in [0.3, 0.4) is 0 Å². The first-order chi connectivity index (χ1) is 9.49. The molecule has 0 heterocycles. The molecule has 0 radical (unpaired) electrons. The van der Waals surface area contributed by atoms with Gasteiger partial charge in [0.2, 0.25) is 0 Å². The Bertz CT molecular complexity index is 451. The second-order valence-electron chi connectivity index (χ2n) is 4.93. The smallest absolute Gasteiger partial charge is 0.251 e. The maximum absolute atomic E-state index is 13.5. The van der Waals surface area contributed by atoms with E-state index in [1.165, 1.54) is 0 Å². The monoisotopic (exact) mass is 298 g/mol. The molecule has 3 unspecified atom stereocenters. The molecule has 0 saturated heterocycles. The Morgan fingerprint density at radius 2 is 2.15 bits per heavy atom. The third-order valence-corrected chi connectivity index (χ3v) is 3.76. The molecule has 0 aliphatic rings. The van der Waals surface area contributed by atoms with Crippen LogP contribution in [-0.2, 0) is 6.42 Å². The van der Waals surface area contributed by atoms with E-state index in [2.05, 4.69) is 19.9 Å². The van der Waals surface area contributed by atoms with Gasteiger partial charge in [-0.1, -0.05) is 33.9 Å². The third kappa shape index (κ3) is 4.84. The molecule has 0 aromatic heterocycles. The minimum atomic E-state index is -1.15. The van der Waals surface area contributed by atoms with Gasteiger partial charge in [-0.2, -0.15) is 0 Å². The number of carbonyl (C=O) groups excluding carboxylic acids is 1. The van der Waals surface area contributed by atoms with Crippen molar-refractivity contribution in [1.82, 2.24) is 10.6 Å². The molecule has 20 heavy (non-hydrogen) atoms. The van der Waals surface area contributed by atoms with Crippen LogP contribution in [0, 0.1) is 6.92 Å². The minimum absolute atomic E-state index is 0.201. The maximum Gasteiger partial charge on any atom is 0.251 e. The summed E-state index contributed by atoms with van der Waals surface area (Å²) < 4.78 is 13.5. The van der Waals surface area contributed by atoms with Gasteiger partial charge in [0, 0.05) is 5.56 Å². The van der Waals surface area contributed by atoms with Gasteiger partial charge in [-0.25, -0.2) is 4.39 Å². The summed E-state index contributed by atoms with van der Waals surface area (Å²) in [6.45, 7) is 4.67. The Morgan fingerprint density at radius 1 is 1.45 bits per heavy atom. The van der Waals surface area contributed by atoms with Gasteiger partial charge in [-0.15, -0.1) is 0 Å². The van der Waals surface area contributed by atoms with Gasteiger partial charge in [0.15, 0.2) is 0 Å². The van der Waals surface area contributed by atoms with Crippen molar-refractivity contribution in [2.75, 3.05) is 13.6 Å². The molecule has 0 aliphatic carbocycles. The topological polar surface area (TPSA) is 41.1 Å². The molecule has 2 N–H and O–H groups in total. The molecule has 112 valence electrons. The Balaban J connectivity index is 2.83. The molecule has 1 rings (SSSR count). The van der Waals surface area contributed by atoms with Crippen molar-refractivity contribution in [2.45, 2.75) is 38.6 Å². The highest BCUT2D eigenvalue weighted by molar-refractivity contribution is 7.17. The number of alkyl halides is 1. The Kier molecular flexibility index (Phi) is 7.11. The molecular formula is C15H24FN2OP. The first-order valence-corrected chi connectivity index (χ1v) is 7.60. The van der Waals surface area contributed by atoms with Crippen molar-refractivity contribution >= 4 is 15.1 Å². The van der Waals surface area contributed by atoms with E-state index in [1.807, 2.05) is 39.1 Å². The number of nitrogens with one attached hydrogen (secondary N) is 2. The number of carbonyl (C=O) groups is 1. The van der Waals surface area contributed by atoms with E-state index in [0.29, 0.717) is 18.5 Å². The zero-order chi connectivity index (χ0) is 15.1. The fourth-order valence-corrected chi connectivity index (χ4v) is 2.38. The van der Waals surface area contributed by atoms with E-state index >= 15 is 0 Å². The molecule has 0 spiro atoms. The average Bonchev–Trinajstić information content (AvgIpc) is 2.42. The fourth-order valence-electron chi connectivity index (χ4n) is 2.09. The molecule has 0 aliphatic heterocycles. The average molecular weight is 298 g/mol. The van der Waals surface area contributed by atoms with Gasteiger partial charge in [0.1, 0.15) is 5.91 Å². The van der Waals surface area contributed by atoms with Crippen molar-refractivity contribution in [1.29, 1.82) is 0 Å². The van der Waals surface area contributed by atoms with Crippen molar-refractivity contribution in [2.24, 2.45) is 0 Å². The van der Waals surface area contributed by atoms with Gasteiger partial charge in [0.25, 0.3) is 5.91 Å². The van der Waals surface area contributed by atoms with Crippen LogP contribution in [0.25, 0.3) is 0 Å². The predicted octanol–water partition coefficient (Wildman–Crippen LogP) is 2.44. The number of hydrogen-bond donors (Lipinski definition) is 2. The second kappa shape index (κ2) is 8.33. The summed E-state index contributed by atoms with van der Waals surface area (Å²) >= 11 is 0. The second-order valence-corrected chi connectivity index (χ2v) is 5.57. The van der Waals surface area contributed by atoms with Crippen LogP contribution in [0.2, 0.25) is 0 Å². The van der Waals surface area contributed by atoms with Gasteiger partial charge in [-0.05, 0) is 45.0 Å². The molecule has 1 aromatic rings. The summed E-state index contributed by atoms with van der Waals surface area (Å²) in [5.74, 6) is -1.35. The first-order valence-electron chi connectivity index (χ1n) is 6.94. The standard InChI is InChI=1S/C15H24FN2OP/c1-4-11-9-10(2)5-6-12(11)15(19)18-13(14(16)20)7-8-17-3/h5-6,9,13-14,17H,4,7-8,20H2,1-3H3,(H,18,19). The summed E-state index contributed by atoms with van der Waals surface area (Å²) in [4.78, 5) is 12.3. The summed E-state index contributed by atoms with van der Waals surface area (Å²) in [5, 5.41) is 5.76. The molecule has 3 nitrogen and oxygen atoms in total. The van der Waals surface area contributed by atoms with E-state index in [0.717, 1.165) is 17.5 Å². The zero-order valence-corrected chi connectivity index (χ0v) is 13.5. The largest absolute Gasteiger partial charge is 0.346 e. The molecule has 0 bridgehead atoms. The lowest BCUT2D eigenvalue weighted by atomic mass is 10.0. The van der Waals surface area contributed by atoms with E-state index in [4.69, 9.17) is 0 Å². The van der Waals surface area contributed by atoms with Crippen LogP contribution in [0.1, 0.15) is 34.8 Å². The van der Waals surface area contributed by atoms with Crippen molar-refractivity contribution in [3.63, 3.8) is 0 Å². The van der Waals surface area contributed by atoms with Crippen LogP contribution in [0.15, 0.2) is 18.2 Å². The lowest BCUT2D eigenvalue weighted by Crippen LogP contribution is -2.41. The molecular weight excluding hydrogens is 274 g/mol. The number of hydrogen-bond acceptors (Lipinski definition) is 2. The number of benzene rings is 1. The van der Waals surface area contributed by atoms with Crippen LogP contribution in [-0.4, -0.2) is 31.5 Å². The predicted molar refractivity (Wildman–Crippen MR) is 85.0 cm³/mol. The number of rotatable bonds is 7. The van der Waals surface area contributed by atoms with Gasteiger partial charge in [0.05, 0.1) is 6.04 Å². The van der Waals surface area contributed by atoms with Crippen LogP contribution < -0.4 is 10.6 Å². The highest BCUT2D eigenvalue weighted by atomic mass is 31.0. The normalized spacial score (nSPS) is 13.8. The minimum Gasteiger partial charge on any atom is -0.346 e. The van der Waals surface area contributed by atoms with Crippen molar-refractivity contribution < 1.29 is 9.18 Å². The van der Waals surface area contributed by atoms with E-state index in [9.17, 15) is 9.18 Å². The Morgan fingerprint density at radius 3 is 2.70 bits per heavy atom. The van der Waals surface area contributed by atoms with Gasteiger partial charge in [-0.3, -0.25) is 4.79 Å². The third-order valence-electron chi connectivity index (χ3n) is 3.29. The lowest BCUT2D eigenvalue weighted by molar-refractivity contribution is 0.0922. The number of aryl methyl sites for hydroxylation is 2. The maximum atomic E-state index is 13.5. The van der Waals surface area contributed by atoms with E-state index in [-0.39, 0.29) is 5.91 Å². The zero-order valence-electron chi connectivity index (χ0n) is 12.4. The fraction of sp³-hybridized carbons (Fsp3) is 0.533. The van der Waals surface area contributed by atoms with Crippen LogP contribution >= 0.6 is 9.24 Å². The SMILES string of the molecule is CCc1cc(C)ccc1C(=O)NC(CCNC)C(F)P. The summed E-state index contributed by atoms with van der Waals surface area (Å²) in [6.07, 6.45) is 1.34. The van der Waals surface area contributed by atoms with Crippen molar-refractivity contribution in [3.8, 4) is 0 Å². The molecule has 5 heteroatoms. The van der Waals surface area contributed by atoms with Gasteiger partial charge < -0.3 is 10.6 Å².